The number of aromatic amines is 1. The Kier molecular flexibility index (Phi) is 4.34. The topological polar surface area (TPSA) is 42.1 Å². The summed E-state index contributed by atoms with van der Waals surface area (Å²) in [5.41, 5.74) is 5.28. The van der Waals surface area contributed by atoms with E-state index in [2.05, 4.69) is 78.6 Å². The molecule has 3 aromatic rings. The Labute approximate surface area is 170 Å². The van der Waals surface area contributed by atoms with Crippen LogP contribution in [0.2, 0.25) is 0 Å². The van der Waals surface area contributed by atoms with Crippen LogP contribution >= 0.6 is 0 Å². The zero-order valence-corrected chi connectivity index (χ0v) is 17.5. The van der Waals surface area contributed by atoms with Crippen LogP contribution in [-0.4, -0.2) is 34.3 Å². The van der Waals surface area contributed by atoms with Crippen molar-refractivity contribution >= 4 is 22.1 Å². The summed E-state index contributed by atoms with van der Waals surface area (Å²) in [4.78, 5) is 6.08. The third-order valence-electron chi connectivity index (χ3n) is 7.29. The van der Waals surface area contributed by atoms with Crippen LogP contribution in [0.25, 0.3) is 10.9 Å². The van der Waals surface area contributed by atoms with E-state index in [1.807, 2.05) is 0 Å². The van der Waals surface area contributed by atoms with E-state index >= 15 is 0 Å². The molecule has 1 saturated carbocycles. The number of hydrogen-bond donors (Lipinski definition) is 1. The molecule has 1 aliphatic carbocycles. The third kappa shape index (κ3) is 2.51. The Morgan fingerprint density at radius 2 is 1.61 bits per heavy atom. The predicted molar refractivity (Wildman–Crippen MR) is 117 cm³/mol. The second-order valence-corrected chi connectivity index (χ2v) is 10.5. The van der Waals surface area contributed by atoms with Crippen molar-refractivity contribution in [2.24, 2.45) is 0 Å². The molecule has 2 aromatic carbocycles. The number of nitrogens with one attached hydrogen (secondary N) is 1. The van der Waals surface area contributed by atoms with E-state index in [-0.39, 0.29) is 10.3 Å². The molecule has 1 spiro atoms. The molecule has 1 atom stereocenters. The summed E-state index contributed by atoms with van der Waals surface area (Å²) < 4.78 is 13.2. The van der Waals surface area contributed by atoms with Crippen LogP contribution < -0.4 is 0 Å². The van der Waals surface area contributed by atoms with E-state index in [9.17, 15) is 4.55 Å². The van der Waals surface area contributed by atoms with E-state index in [0.717, 1.165) is 37.9 Å². The Morgan fingerprint density at radius 3 is 2.32 bits per heavy atom. The fourth-order valence-electron chi connectivity index (χ4n) is 5.64. The SMILES string of the molecule is CN(C)C1(c2ccccc2)CCC2(CC1)c1[nH]c3ccccc3c1CC[S+]2[O-]. The highest BCUT2D eigenvalue weighted by molar-refractivity contribution is 7.92. The lowest BCUT2D eigenvalue weighted by Gasteiger charge is -2.50. The van der Waals surface area contributed by atoms with Crippen molar-refractivity contribution in [3.8, 4) is 0 Å². The average molecular weight is 393 g/mol. The van der Waals surface area contributed by atoms with Crippen molar-refractivity contribution in [2.75, 3.05) is 19.8 Å². The third-order valence-corrected chi connectivity index (χ3v) is 9.35. The normalized spacial score (nSPS) is 30.1. The fourth-order valence-corrected chi connectivity index (χ4v) is 7.48. The van der Waals surface area contributed by atoms with E-state index < -0.39 is 11.2 Å². The number of aryl methyl sites for hydroxylation is 1. The molecule has 2 aliphatic rings. The number of benzene rings is 2. The van der Waals surface area contributed by atoms with Crippen molar-refractivity contribution in [1.82, 2.24) is 9.88 Å². The van der Waals surface area contributed by atoms with Gasteiger partial charge in [-0.25, -0.2) is 0 Å². The van der Waals surface area contributed by atoms with Crippen molar-refractivity contribution in [3.05, 3.63) is 71.4 Å². The first-order valence-corrected chi connectivity index (χ1v) is 11.6. The van der Waals surface area contributed by atoms with E-state index in [4.69, 9.17) is 0 Å². The van der Waals surface area contributed by atoms with Crippen LogP contribution in [0.4, 0.5) is 0 Å². The number of nitrogens with zero attached hydrogens (tertiary/aromatic N) is 1. The number of rotatable bonds is 2. The Hall–Kier alpha value is -1.75. The molecule has 146 valence electrons. The summed E-state index contributed by atoms with van der Waals surface area (Å²) in [7, 11) is 4.38. The molecule has 2 heterocycles. The largest absolute Gasteiger partial charge is 0.616 e. The maximum Gasteiger partial charge on any atom is 0.165 e. The summed E-state index contributed by atoms with van der Waals surface area (Å²) in [6.45, 7) is 0. The van der Waals surface area contributed by atoms with E-state index in [0.29, 0.717) is 0 Å². The summed E-state index contributed by atoms with van der Waals surface area (Å²) in [6, 6.07) is 19.4. The zero-order chi connectivity index (χ0) is 19.4. The molecule has 1 aromatic heterocycles. The predicted octanol–water partition coefficient (Wildman–Crippen LogP) is 4.70. The van der Waals surface area contributed by atoms with Crippen molar-refractivity contribution < 1.29 is 4.55 Å². The van der Waals surface area contributed by atoms with E-state index in [1.165, 1.54) is 27.7 Å². The number of H-pyrrole nitrogens is 1. The van der Waals surface area contributed by atoms with Gasteiger partial charge in [0.2, 0.25) is 0 Å². The average Bonchev–Trinajstić information content (AvgIpc) is 3.12. The van der Waals surface area contributed by atoms with Crippen LogP contribution in [0.3, 0.4) is 0 Å². The highest BCUT2D eigenvalue weighted by atomic mass is 32.2. The van der Waals surface area contributed by atoms with Gasteiger partial charge in [-0.15, -0.1) is 0 Å². The highest BCUT2D eigenvalue weighted by Crippen LogP contribution is 2.54. The van der Waals surface area contributed by atoms with E-state index in [1.54, 1.807) is 0 Å². The standard InChI is InChI=1S/C24H28N2OS/c1-26(2)23(18-8-4-3-5-9-18)13-15-24(16-14-23)22-20(12-17-28(24)27)19-10-6-7-11-21(19)25-22/h3-11,25H,12-17H2,1-2H3. The molecule has 1 unspecified atom stereocenters. The van der Waals surface area contributed by atoms with Crippen molar-refractivity contribution in [1.29, 1.82) is 0 Å². The number of aromatic nitrogens is 1. The molecule has 5 rings (SSSR count). The smallest absolute Gasteiger partial charge is 0.165 e. The van der Waals surface area contributed by atoms with Crippen LogP contribution in [0.5, 0.6) is 0 Å². The summed E-state index contributed by atoms with van der Waals surface area (Å²) in [6.07, 6.45) is 4.92. The number of fused-ring (bicyclic) bond motifs is 4. The Bertz CT molecular complexity index is 986. The van der Waals surface area contributed by atoms with Gasteiger partial charge < -0.3 is 9.54 Å². The lowest BCUT2D eigenvalue weighted by Crippen LogP contribution is -2.52. The van der Waals surface area contributed by atoms with Crippen LogP contribution in [0.15, 0.2) is 54.6 Å². The Balaban J connectivity index is 1.57. The molecule has 3 nitrogen and oxygen atoms in total. The number of para-hydroxylation sites is 1. The lowest BCUT2D eigenvalue weighted by molar-refractivity contribution is 0.0817. The molecule has 28 heavy (non-hydrogen) atoms. The molecule has 4 heteroatoms. The lowest BCUT2D eigenvalue weighted by atomic mass is 9.70. The van der Waals surface area contributed by atoms with Gasteiger partial charge in [-0.3, -0.25) is 4.90 Å². The van der Waals surface area contributed by atoms with Gasteiger partial charge in [-0.2, -0.15) is 0 Å². The minimum atomic E-state index is -0.826. The fraction of sp³-hybridized carbons (Fsp3) is 0.417. The molecule has 0 amide bonds. The van der Waals surface area contributed by atoms with Gasteiger partial charge >= 0.3 is 0 Å². The first-order valence-electron chi connectivity index (χ1n) is 10.3. The van der Waals surface area contributed by atoms with Crippen LogP contribution in [0.1, 0.15) is 42.5 Å². The first kappa shape index (κ1) is 18.3. The van der Waals surface area contributed by atoms with Gasteiger partial charge in [-0.05, 0) is 55.3 Å². The van der Waals surface area contributed by atoms with Gasteiger partial charge in [0.25, 0.3) is 0 Å². The highest BCUT2D eigenvalue weighted by Gasteiger charge is 2.55. The van der Waals surface area contributed by atoms with Gasteiger partial charge in [0.1, 0.15) is 5.75 Å². The molecule has 0 saturated heterocycles. The van der Waals surface area contributed by atoms with Crippen molar-refractivity contribution in [3.63, 3.8) is 0 Å². The monoisotopic (exact) mass is 392 g/mol. The molecular weight excluding hydrogens is 364 g/mol. The van der Waals surface area contributed by atoms with Gasteiger partial charge in [-0.1, -0.05) is 48.5 Å². The quantitative estimate of drug-likeness (QED) is 0.643. The molecule has 0 radical (unpaired) electrons. The molecule has 1 N–H and O–H groups in total. The second-order valence-electron chi connectivity index (χ2n) is 8.61. The maximum atomic E-state index is 13.4. The number of hydrogen-bond acceptors (Lipinski definition) is 2. The van der Waals surface area contributed by atoms with Gasteiger partial charge in [0.05, 0.1) is 5.69 Å². The van der Waals surface area contributed by atoms with Crippen LogP contribution in [-0.2, 0) is 27.9 Å². The van der Waals surface area contributed by atoms with Gasteiger partial charge in [0.15, 0.2) is 4.75 Å². The minimum Gasteiger partial charge on any atom is -0.616 e. The first-order chi connectivity index (χ1) is 13.6. The zero-order valence-electron chi connectivity index (χ0n) is 16.7. The molecular formula is C24H28N2OS. The summed E-state index contributed by atoms with van der Waals surface area (Å²) in [5, 5.41) is 1.32. The molecule has 0 bridgehead atoms. The minimum absolute atomic E-state index is 0.0281. The summed E-state index contributed by atoms with van der Waals surface area (Å²) in [5.74, 6) is 0.787. The van der Waals surface area contributed by atoms with Gasteiger partial charge in [0, 0.05) is 35.7 Å². The van der Waals surface area contributed by atoms with Crippen LogP contribution in [0, 0.1) is 0 Å². The second kappa shape index (κ2) is 6.65. The molecule has 1 fully saturated rings. The maximum absolute atomic E-state index is 13.4. The van der Waals surface area contributed by atoms with Crippen molar-refractivity contribution in [2.45, 2.75) is 42.4 Å². The molecule has 1 aliphatic heterocycles. The summed E-state index contributed by atoms with van der Waals surface area (Å²) >= 11 is -0.826. The Morgan fingerprint density at radius 1 is 0.929 bits per heavy atom.